The first-order valence-electron chi connectivity index (χ1n) is 6.84. The number of amides is 3. The number of carbonyl (C=O) groups is 2. The third-order valence-electron chi connectivity index (χ3n) is 3.81. The fraction of sp³-hybridized carbons (Fsp3) is 0.200. The highest BCUT2D eigenvalue weighted by Crippen LogP contribution is 2.33. The van der Waals surface area contributed by atoms with Gasteiger partial charge < -0.3 is 5.32 Å². The summed E-state index contributed by atoms with van der Waals surface area (Å²) in [5, 5.41) is 15.6. The SMILES string of the molecule is CC1(c2cccs2)NC(=O)N(Cc2ccccc2[N+](=O)[O-])C1=O. The molecule has 1 saturated heterocycles. The number of nitro benzene ring substituents is 1. The lowest BCUT2D eigenvalue weighted by atomic mass is 10.0. The standard InChI is InChI=1S/C15H13N3O4S/c1-15(12-7-4-8-23-12)13(19)17(14(20)16-15)9-10-5-2-3-6-11(10)18(21)22/h2-8H,9H2,1H3,(H,16,20). The first-order chi connectivity index (χ1) is 10.9. The Labute approximate surface area is 135 Å². The van der Waals surface area contributed by atoms with Crippen LogP contribution < -0.4 is 5.32 Å². The second-order valence-electron chi connectivity index (χ2n) is 5.31. The van der Waals surface area contributed by atoms with E-state index in [1.807, 2.05) is 5.38 Å². The number of nitrogens with one attached hydrogen (secondary N) is 1. The number of rotatable bonds is 4. The minimum Gasteiger partial charge on any atom is -0.319 e. The van der Waals surface area contributed by atoms with Gasteiger partial charge in [-0.05, 0) is 18.4 Å². The molecule has 0 radical (unpaired) electrons. The first kappa shape index (κ1) is 15.2. The summed E-state index contributed by atoms with van der Waals surface area (Å²) < 4.78 is 0. The summed E-state index contributed by atoms with van der Waals surface area (Å²) in [6, 6.07) is 9.10. The van der Waals surface area contributed by atoms with Crippen LogP contribution in [0.4, 0.5) is 10.5 Å². The van der Waals surface area contributed by atoms with Gasteiger partial charge in [-0.1, -0.05) is 24.3 Å². The van der Waals surface area contributed by atoms with E-state index in [9.17, 15) is 19.7 Å². The summed E-state index contributed by atoms with van der Waals surface area (Å²) in [5.41, 5.74) is -0.927. The normalized spacial score (nSPS) is 20.7. The van der Waals surface area contributed by atoms with E-state index in [1.54, 1.807) is 37.3 Å². The van der Waals surface area contributed by atoms with Gasteiger partial charge in [-0.15, -0.1) is 11.3 Å². The van der Waals surface area contributed by atoms with Gasteiger partial charge in [0.1, 0.15) is 0 Å². The maximum atomic E-state index is 12.7. The lowest BCUT2D eigenvalue weighted by molar-refractivity contribution is -0.385. The highest BCUT2D eigenvalue weighted by Gasteiger charge is 2.49. The second-order valence-corrected chi connectivity index (χ2v) is 6.26. The summed E-state index contributed by atoms with van der Waals surface area (Å²) in [6.45, 7) is 1.50. The number of para-hydroxylation sites is 1. The molecule has 0 spiro atoms. The van der Waals surface area contributed by atoms with Crippen LogP contribution in [0.3, 0.4) is 0 Å². The molecule has 1 fully saturated rings. The van der Waals surface area contributed by atoms with Gasteiger partial charge in [0, 0.05) is 16.5 Å². The zero-order chi connectivity index (χ0) is 16.6. The molecule has 2 heterocycles. The monoisotopic (exact) mass is 331 g/mol. The molecule has 3 amide bonds. The molecule has 2 aromatic rings. The van der Waals surface area contributed by atoms with Crippen LogP contribution in [-0.2, 0) is 16.9 Å². The maximum Gasteiger partial charge on any atom is 0.325 e. The minimum atomic E-state index is -1.13. The first-order valence-corrected chi connectivity index (χ1v) is 7.72. The molecular weight excluding hydrogens is 318 g/mol. The van der Waals surface area contributed by atoms with Gasteiger partial charge in [-0.3, -0.25) is 19.8 Å². The number of nitrogens with zero attached hydrogens (tertiary/aromatic N) is 2. The molecule has 0 saturated carbocycles. The van der Waals surface area contributed by atoms with Crippen molar-refractivity contribution in [2.45, 2.75) is 19.0 Å². The molecule has 1 aliphatic heterocycles. The van der Waals surface area contributed by atoms with Crippen LogP contribution in [0.25, 0.3) is 0 Å². The van der Waals surface area contributed by atoms with Gasteiger partial charge in [0.05, 0.1) is 11.5 Å². The van der Waals surface area contributed by atoms with Crippen LogP contribution in [0.2, 0.25) is 0 Å². The molecule has 1 aromatic heterocycles. The summed E-state index contributed by atoms with van der Waals surface area (Å²) in [6.07, 6.45) is 0. The van der Waals surface area contributed by atoms with Gasteiger partial charge in [0.15, 0.2) is 5.54 Å². The lowest BCUT2D eigenvalue weighted by Gasteiger charge is -2.20. The molecular formula is C15H13N3O4S. The van der Waals surface area contributed by atoms with Gasteiger partial charge >= 0.3 is 6.03 Å². The Balaban J connectivity index is 1.92. The fourth-order valence-corrected chi connectivity index (χ4v) is 3.40. The second kappa shape index (κ2) is 5.47. The topological polar surface area (TPSA) is 92.6 Å². The Bertz CT molecular complexity index is 790. The summed E-state index contributed by atoms with van der Waals surface area (Å²) in [5.74, 6) is -0.414. The van der Waals surface area contributed by atoms with E-state index in [1.165, 1.54) is 17.4 Å². The number of imide groups is 1. The van der Waals surface area contributed by atoms with Gasteiger partial charge in [-0.25, -0.2) is 4.79 Å². The molecule has 1 aromatic carbocycles. The van der Waals surface area contributed by atoms with Gasteiger partial charge in [0.2, 0.25) is 0 Å². The largest absolute Gasteiger partial charge is 0.325 e. The van der Waals surface area contributed by atoms with Crippen molar-refractivity contribution in [3.8, 4) is 0 Å². The third kappa shape index (κ3) is 2.46. The van der Waals surface area contributed by atoms with Gasteiger partial charge in [0.25, 0.3) is 11.6 Å². The fourth-order valence-electron chi connectivity index (χ4n) is 2.56. The highest BCUT2D eigenvalue weighted by atomic mass is 32.1. The predicted molar refractivity (Wildman–Crippen MR) is 83.8 cm³/mol. The van der Waals surface area contributed by atoms with Gasteiger partial charge in [-0.2, -0.15) is 0 Å². The molecule has 0 aliphatic carbocycles. The Kier molecular flexibility index (Phi) is 3.61. The summed E-state index contributed by atoms with van der Waals surface area (Å²) >= 11 is 1.37. The lowest BCUT2D eigenvalue weighted by Crippen LogP contribution is -2.40. The van der Waals surface area contributed by atoms with E-state index in [2.05, 4.69) is 5.32 Å². The quantitative estimate of drug-likeness (QED) is 0.529. The Morgan fingerprint density at radius 1 is 1.26 bits per heavy atom. The number of urea groups is 1. The van der Waals surface area contributed by atoms with E-state index in [0.29, 0.717) is 5.56 Å². The van der Waals surface area contributed by atoms with E-state index < -0.39 is 22.4 Å². The van der Waals surface area contributed by atoms with Crippen LogP contribution in [0, 0.1) is 10.1 Å². The smallest absolute Gasteiger partial charge is 0.319 e. The van der Waals surface area contributed by atoms with Crippen molar-refractivity contribution in [3.63, 3.8) is 0 Å². The van der Waals surface area contributed by atoms with Crippen molar-refractivity contribution < 1.29 is 14.5 Å². The van der Waals surface area contributed by atoms with Crippen LogP contribution in [0.15, 0.2) is 41.8 Å². The zero-order valence-corrected chi connectivity index (χ0v) is 13.0. The van der Waals surface area contributed by atoms with Crippen molar-refractivity contribution in [1.29, 1.82) is 0 Å². The minimum absolute atomic E-state index is 0.113. The van der Waals surface area contributed by atoms with Crippen molar-refractivity contribution in [1.82, 2.24) is 10.2 Å². The van der Waals surface area contributed by atoms with Crippen LogP contribution >= 0.6 is 11.3 Å². The summed E-state index contributed by atoms with van der Waals surface area (Å²) in [4.78, 5) is 37.2. The molecule has 1 N–H and O–H groups in total. The Morgan fingerprint density at radius 2 is 2.00 bits per heavy atom. The van der Waals surface area contributed by atoms with E-state index in [-0.39, 0.29) is 12.2 Å². The number of carbonyl (C=O) groups excluding carboxylic acids is 2. The molecule has 1 aliphatic rings. The van der Waals surface area contributed by atoms with Crippen molar-refractivity contribution in [3.05, 3.63) is 62.3 Å². The molecule has 7 nitrogen and oxygen atoms in total. The van der Waals surface area contributed by atoms with Crippen molar-refractivity contribution in [2.75, 3.05) is 0 Å². The van der Waals surface area contributed by atoms with E-state index in [4.69, 9.17) is 0 Å². The molecule has 8 heteroatoms. The van der Waals surface area contributed by atoms with Crippen molar-refractivity contribution in [2.24, 2.45) is 0 Å². The number of hydrogen-bond donors (Lipinski definition) is 1. The molecule has 1 atom stereocenters. The Morgan fingerprint density at radius 3 is 2.65 bits per heavy atom. The average Bonchev–Trinajstić information content (AvgIpc) is 3.12. The number of nitro groups is 1. The third-order valence-corrected chi connectivity index (χ3v) is 4.90. The van der Waals surface area contributed by atoms with Crippen molar-refractivity contribution >= 4 is 29.0 Å². The maximum absolute atomic E-state index is 12.7. The number of thiophene rings is 1. The Hall–Kier alpha value is -2.74. The van der Waals surface area contributed by atoms with Crippen LogP contribution in [-0.4, -0.2) is 21.8 Å². The molecule has 0 bridgehead atoms. The van der Waals surface area contributed by atoms with Crippen LogP contribution in [0.5, 0.6) is 0 Å². The van der Waals surface area contributed by atoms with Crippen LogP contribution in [0.1, 0.15) is 17.4 Å². The van der Waals surface area contributed by atoms with E-state index in [0.717, 1.165) is 9.78 Å². The zero-order valence-electron chi connectivity index (χ0n) is 12.2. The number of benzene rings is 1. The molecule has 1 unspecified atom stereocenters. The molecule has 3 rings (SSSR count). The predicted octanol–water partition coefficient (Wildman–Crippen LogP) is 2.62. The molecule has 23 heavy (non-hydrogen) atoms. The highest BCUT2D eigenvalue weighted by molar-refractivity contribution is 7.10. The summed E-state index contributed by atoms with van der Waals surface area (Å²) in [7, 11) is 0. The average molecular weight is 331 g/mol. The number of hydrogen-bond acceptors (Lipinski definition) is 5. The van der Waals surface area contributed by atoms with E-state index >= 15 is 0 Å². The molecule has 118 valence electrons.